The number of nitriles is 1. The monoisotopic (exact) mass is 247 g/mol. The second kappa shape index (κ2) is 6.55. The average Bonchev–Trinajstić information content (AvgIpc) is 2.37. The van der Waals surface area contributed by atoms with Gasteiger partial charge in [0.15, 0.2) is 5.82 Å². The van der Waals surface area contributed by atoms with Gasteiger partial charge in [-0.2, -0.15) is 10.4 Å². The highest BCUT2D eigenvalue weighted by molar-refractivity contribution is 5.74. The van der Waals surface area contributed by atoms with Crippen molar-refractivity contribution >= 4 is 11.7 Å². The number of hydrogen-bond acceptors (Lipinski definition) is 5. The van der Waals surface area contributed by atoms with E-state index in [1.165, 1.54) is 0 Å². The highest BCUT2D eigenvalue weighted by Crippen LogP contribution is 2.19. The molecule has 0 aliphatic rings. The second-order valence-electron chi connectivity index (χ2n) is 3.81. The van der Waals surface area contributed by atoms with Crippen molar-refractivity contribution in [1.29, 1.82) is 5.26 Å². The third kappa shape index (κ3) is 3.17. The molecule has 1 heterocycles. The molecule has 96 valence electrons. The molecule has 0 unspecified atom stereocenters. The number of nitrogens with two attached hydrogens (primary N) is 1. The van der Waals surface area contributed by atoms with Gasteiger partial charge in [0.2, 0.25) is 5.91 Å². The quantitative estimate of drug-likeness (QED) is 0.772. The number of primary amides is 1. The summed E-state index contributed by atoms with van der Waals surface area (Å²) in [6.07, 6.45) is 1.67. The van der Waals surface area contributed by atoms with Crippen LogP contribution in [0.4, 0.5) is 5.82 Å². The number of nitrogens with zero attached hydrogens (tertiary/aromatic N) is 3. The Labute approximate surface area is 106 Å². The maximum Gasteiger partial charge on any atom is 0.219 e. The van der Waals surface area contributed by atoms with Gasteiger partial charge in [0, 0.05) is 13.0 Å². The van der Waals surface area contributed by atoms with Crippen molar-refractivity contribution in [2.75, 3.05) is 11.9 Å². The van der Waals surface area contributed by atoms with E-state index in [9.17, 15) is 10.1 Å². The molecule has 0 atom stereocenters. The van der Waals surface area contributed by atoms with Gasteiger partial charge in [0.05, 0.1) is 5.69 Å². The van der Waals surface area contributed by atoms with E-state index in [0.29, 0.717) is 17.9 Å². The van der Waals surface area contributed by atoms with Gasteiger partial charge in [0.25, 0.3) is 0 Å². The lowest BCUT2D eigenvalue weighted by atomic mass is 10.0. The third-order valence-electron chi connectivity index (χ3n) is 2.62. The summed E-state index contributed by atoms with van der Waals surface area (Å²) in [7, 11) is 0. The first-order chi connectivity index (χ1) is 8.63. The van der Waals surface area contributed by atoms with Crippen molar-refractivity contribution in [3.63, 3.8) is 0 Å². The largest absolute Gasteiger partial charge is 0.370 e. The van der Waals surface area contributed by atoms with Gasteiger partial charge in [-0.25, -0.2) is 0 Å². The molecule has 1 rings (SSSR count). The van der Waals surface area contributed by atoms with E-state index >= 15 is 0 Å². The molecule has 0 bridgehead atoms. The molecule has 0 aliphatic heterocycles. The van der Waals surface area contributed by atoms with Gasteiger partial charge in [-0.15, -0.1) is 5.10 Å². The molecule has 1 aromatic rings. The van der Waals surface area contributed by atoms with E-state index in [4.69, 9.17) is 5.73 Å². The molecule has 0 spiro atoms. The van der Waals surface area contributed by atoms with Gasteiger partial charge in [-0.3, -0.25) is 4.79 Å². The van der Waals surface area contributed by atoms with Gasteiger partial charge in [-0.05, 0) is 18.4 Å². The Kier molecular flexibility index (Phi) is 5.06. The molecule has 3 N–H and O–H groups in total. The van der Waals surface area contributed by atoms with Crippen LogP contribution in [0.15, 0.2) is 0 Å². The third-order valence-corrected chi connectivity index (χ3v) is 2.62. The minimum atomic E-state index is -0.394. The van der Waals surface area contributed by atoms with Crippen LogP contribution in [0.2, 0.25) is 0 Å². The highest BCUT2D eigenvalue weighted by Gasteiger charge is 2.13. The number of anilines is 1. The number of carbonyl (C=O) groups excluding carboxylic acids is 1. The zero-order chi connectivity index (χ0) is 13.5. The van der Waals surface area contributed by atoms with Crippen molar-refractivity contribution in [2.45, 2.75) is 33.1 Å². The summed E-state index contributed by atoms with van der Waals surface area (Å²) in [4.78, 5) is 10.6. The van der Waals surface area contributed by atoms with Crippen LogP contribution in [0.1, 0.15) is 37.1 Å². The first kappa shape index (κ1) is 13.9. The van der Waals surface area contributed by atoms with Gasteiger partial charge in [-0.1, -0.05) is 13.8 Å². The maximum absolute atomic E-state index is 10.6. The summed E-state index contributed by atoms with van der Waals surface area (Å²) in [6, 6.07) is 2.15. The van der Waals surface area contributed by atoms with Crippen LogP contribution in [0.5, 0.6) is 0 Å². The molecule has 6 nitrogen and oxygen atoms in total. The first-order valence-corrected chi connectivity index (χ1v) is 5.94. The Morgan fingerprint density at radius 1 is 1.39 bits per heavy atom. The van der Waals surface area contributed by atoms with Crippen LogP contribution in [0.25, 0.3) is 0 Å². The first-order valence-electron chi connectivity index (χ1n) is 5.94. The molecular formula is C12H17N5O. The van der Waals surface area contributed by atoms with E-state index < -0.39 is 5.91 Å². The topological polar surface area (TPSA) is 105 Å². The molecule has 0 aliphatic carbocycles. The van der Waals surface area contributed by atoms with Crippen LogP contribution in [-0.2, 0) is 17.6 Å². The number of carbonyl (C=O) groups is 1. The molecule has 18 heavy (non-hydrogen) atoms. The Morgan fingerprint density at radius 3 is 2.61 bits per heavy atom. The Morgan fingerprint density at radius 2 is 2.11 bits per heavy atom. The summed E-state index contributed by atoms with van der Waals surface area (Å²) in [5, 5.41) is 20.2. The van der Waals surface area contributed by atoms with Crippen LogP contribution < -0.4 is 11.1 Å². The van der Waals surface area contributed by atoms with Crippen LogP contribution >= 0.6 is 0 Å². The molecule has 0 saturated heterocycles. The van der Waals surface area contributed by atoms with Crippen LogP contribution in [0.3, 0.4) is 0 Å². The predicted octanol–water partition coefficient (Wildman–Crippen LogP) is 0.760. The zero-order valence-corrected chi connectivity index (χ0v) is 10.7. The number of amides is 1. The van der Waals surface area contributed by atoms with E-state index in [0.717, 1.165) is 24.1 Å². The lowest BCUT2D eigenvalue weighted by molar-refractivity contribution is -0.117. The van der Waals surface area contributed by atoms with Crippen molar-refractivity contribution in [3.8, 4) is 6.07 Å². The van der Waals surface area contributed by atoms with E-state index in [1.807, 2.05) is 13.8 Å². The summed E-state index contributed by atoms with van der Waals surface area (Å²) in [5.41, 5.74) is 7.31. The fourth-order valence-corrected chi connectivity index (χ4v) is 1.72. The van der Waals surface area contributed by atoms with Gasteiger partial charge < -0.3 is 11.1 Å². The van der Waals surface area contributed by atoms with Crippen molar-refractivity contribution in [2.24, 2.45) is 5.73 Å². The molecule has 6 heteroatoms. The summed E-state index contributed by atoms with van der Waals surface area (Å²) in [5.74, 6) is 0.0302. The normalized spacial score (nSPS) is 9.83. The maximum atomic E-state index is 10.6. The number of hydrogen-bond donors (Lipinski definition) is 2. The molecule has 0 aromatic carbocycles. The smallest absolute Gasteiger partial charge is 0.219 e. The zero-order valence-electron chi connectivity index (χ0n) is 10.7. The Hall–Kier alpha value is -2.16. The van der Waals surface area contributed by atoms with Crippen LogP contribution in [0, 0.1) is 11.3 Å². The minimum Gasteiger partial charge on any atom is -0.370 e. The number of aromatic nitrogens is 2. The summed E-state index contributed by atoms with van der Waals surface area (Å²) >= 11 is 0. The van der Waals surface area contributed by atoms with Crippen molar-refractivity contribution < 1.29 is 4.79 Å². The molecule has 0 radical (unpaired) electrons. The van der Waals surface area contributed by atoms with E-state index in [2.05, 4.69) is 21.6 Å². The minimum absolute atomic E-state index is 0.198. The van der Waals surface area contributed by atoms with E-state index in [-0.39, 0.29) is 6.42 Å². The lowest BCUT2D eigenvalue weighted by Crippen LogP contribution is -2.17. The van der Waals surface area contributed by atoms with E-state index in [1.54, 1.807) is 0 Å². The van der Waals surface area contributed by atoms with Gasteiger partial charge in [0.1, 0.15) is 11.6 Å². The number of aryl methyl sites for hydroxylation is 1. The molecule has 0 saturated carbocycles. The molecule has 1 amide bonds. The summed E-state index contributed by atoms with van der Waals surface area (Å²) < 4.78 is 0. The SMILES string of the molecule is CCc1nnc(NCCC(N)=O)c(C#N)c1CC. The lowest BCUT2D eigenvalue weighted by Gasteiger charge is -2.11. The Bertz CT molecular complexity index is 478. The average molecular weight is 247 g/mol. The Balaban J connectivity index is 2.99. The second-order valence-corrected chi connectivity index (χ2v) is 3.81. The predicted molar refractivity (Wildman–Crippen MR) is 67.8 cm³/mol. The number of rotatable bonds is 6. The summed E-state index contributed by atoms with van der Waals surface area (Å²) in [6.45, 7) is 4.31. The fraction of sp³-hybridized carbons (Fsp3) is 0.500. The standard InChI is InChI=1S/C12H17N5O/c1-3-8-9(7-13)12(15-6-5-11(14)18)17-16-10(8)4-2/h3-6H2,1-2H3,(H2,14,18)(H,15,17). The fourth-order valence-electron chi connectivity index (χ4n) is 1.72. The van der Waals surface area contributed by atoms with Crippen molar-refractivity contribution in [1.82, 2.24) is 10.2 Å². The molecule has 0 fully saturated rings. The van der Waals surface area contributed by atoms with Crippen molar-refractivity contribution in [3.05, 3.63) is 16.8 Å². The molecular weight excluding hydrogens is 230 g/mol. The van der Waals surface area contributed by atoms with Gasteiger partial charge >= 0.3 is 0 Å². The van der Waals surface area contributed by atoms with Crippen LogP contribution in [-0.4, -0.2) is 22.6 Å². The number of nitrogens with one attached hydrogen (secondary N) is 1. The molecule has 1 aromatic heterocycles. The highest BCUT2D eigenvalue weighted by atomic mass is 16.1.